The molecule has 0 bridgehead atoms. The molecule has 0 unspecified atom stereocenters. The van der Waals surface area contributed by atoms with E-state index in [4.69, 9.17) is 27.8 Å². The van der Waals surface area contributed by atoms with Crippen LogP contribution >= 0.6 is 11.6 Å². The second kappa shape index (κ2) is 7.66. The van der Waals surface area contributed by atoms with Crippen LogP contribution in [0, 0.1) is 0 Å². The molecule has 132 valence electrons. The molecule has 1 aromatic heterocycles. The zero-order chi connectivity index (χ0) is 18.5. The average Bonchev–Trinajstić information content (AvgIpc) is 2.61. The third-order valence-corrected chi connectivity index (χ3v) is 3.53. The maximum absolute atomic E-state index is 11.5. The minimum absolute atomic E-state index is 0.0297. The summed E-state index contributed by atoms with van der Waals surface area (Å²) in [6.07, 6.45) is 0. The molecule has 0 radical (unpaired) electrons. The Balaban J connectivity index is 1.77. The number of nitrogens with two attached hydrogens (primary N) is 2. The molecule has 2 aromatic carbocycles. The van der Waals surface area contributed by atoms with Crippen molar-refractivity contribution in [1.29, 1.82) is 0 Å². The first-order valence-corrected chi connectivity index (χ1v) is 7.94. The number of nitrogens with one attached hydrogen (secondary N) is 1. The van der Waals surface area contributed by atoms with E-state index >= 15 is 0 Å². The van der Waals surface area contributed by atoms with Crippen LogP contribution in [0.15, 0.2) is 48.5 Å². The van der Waals surface area contributed by atoms with Gasteiger partial charge < -0.3 is 21.5 Å². The first-order chi connectivity index (χ1) is 12.5. The molecular formula is C17H15ClN6O2. The number of nitrogens with zero attached hydrogens (tertiary/aromatic N) is 3. The van der Waals surface area contributed by atoms with Crippen LogP contribution in [-0.4, -0.2) is 20.9 Å². The van der Waals surface area contributed by atoms with E-state index in [-0.39, 0.29) is 29.8 Å². The second-order valence-corrected chi connectivity index (χ2v) is 5.65. The Bertz CT molecular complexity index is 936. The van der Waals surface area contributed by atoms with Gasteiger partial charge in [0.15, 0.2) is 5.82 Å². The monoisotopic (exact) mass is 370 g/mol. The normalized spacial score (nSPS) is 10.3. The molecule has 0 spiro atoms. The third kappa shape index (κ3) is 4.37. The molecule has 0 aliphatic carbocycles. The van der Waals surface area contributed by atoms with Gasteiger partial charge >= 0.3 is 0 Å². The van der Waals surface area contributed by atoms with E-state index < -0.39 is 5.91 Å². The molecule has 1 amide bonds. The fourth-order valence-corrected chi connectivity index (χ4v) is 2.34. The number of aromatic nitrogens is 3. The Morgan fingerprint density at radius 1 is 1.12 bits per heavy atom. The third-order valence-electron chi connectivity index (χ3n) is 3.29. The lowest BCUT2D eigenvalue weighted by molar-refractivity contribution is 0.0995. The standard InChI is InChI=1S/C17H15ClN6O2/c18-10-6-7-13(12(8-10)15(19)25)26-9-14-22-16(20)24-17(23-14)21-11-4-2-1-3-5-11/h1-8H,9H2,(H2,19,25)(H3,20,21,22,23,24). The number of anilines is 3. The van der Waals surface area contributed by atoms with E-state index in [1.807, 2.05) is 30.3 Å². The number of nitrogen functional groups attached to an aromatic ring is 1. The highest BCUT2D eigenvalue weighted by atomic mass is 35.5. The highest BCUT2D eigenvalue weighted by Gasteiger charge is 2.12. The number of ether oxygens (including phenoxy) is 1. The number of carbonyl (C=O) groups excluding carboxylic acids is 1. The van der Waals surface area contributed by atoms with E-state index in [2.05, 4.69) is 20.3 Å². The summed E-state index contributed by atoms with van der Waals surface area (Å²) in [5, 5.41) is 3.41. The lowest BCUT2D eigenvalue weighted by Gasteiger charge is -2.10. The van der Waals surface area contributed by atoms with Crippen molar-refractivity contribution in [3.63, 3.8) is 0 Å². The lowest BCUT2D eigenvalue weighted by atomic mass is 10.2. The Kier molecular flexibility index (Phi) is 5.14. The van der Waals surface area contributed by atoms with Gasteiger partial charge in [0.1, 0.15) is 12.4 Å². The molecule has 8 nitrogen and oxygen atoms in total. The van der Waals surface area contributed by atoms with Crippen LogP contribution in [0.3, 0.4) is 0 Å². The van der Waals surface area contributed by atoms with Crippen LogP contribution in [0.1, 0.15) is 16.2 Å². The summed E-state index contributed by atoms with van der Waals surface area (Å²) in [6, 6.07) is 14.0. The highest BCUT2D eigenvalue weighted by Crippen LogP contribution is 2.23. The molecule has 26 heavy (non-hydrogen) atoms. The SMILES string of the molecule is NC(=O)c1cc(Cl)ccc1OCc1nc(N)nc(Nc2ccccc2)n1. The zero-order valence-electron chi connectivity index (χ0n) is 13.5. The number of amides is 1. The zero-order valence-corrected chi connectivity index (χ0v) is 14.3. The molecule has 0 fully saturated rings. The van der Waals surface area contributed by atoms with Crippen molar-refractivity contribution in [2.75, 3.05) is 11.1 Å². The maximum Gasteiger partial charge on any atom is 0.252 e. The van der Waals surface area contributed by atoms with E-state index in [1.54, 1.807) is 12.1 Å². The molecule has 0 atom stereocenters. The average molecular weight is 371 g/mol. The molecule has 0 aliphatic heterocycles. The maximum atomic E-state index is 11.5. The van der Waals surface area contributed by atoms with Crippen molar-refractivity contribution in [2.45, 2.75) is 6.61 Å². The Labute approximate surface area is 154 Å². The first kappa shape index (κ1) is 17.4. The van der Waals surface area contributed by atoms with Crippen molar-refractivity contribution in [2.24, 2.45) is 5.73 Å². The molecule has 0 saturated carbocycles. The van der Waals surface area contributed by atoms with Gasteiger partial charge in [-0.1, -0.05) is 29.8 Å². The molecule has 3 rings (SSSR count). The van der Waals surface area contributed by atoms with Gasteiger partial charge in [-0.2, -0.15) is 15.0 Å². The summed E-state index contributed by atoms with van der Waals surface area (Å²) in [4.78, 5) is 23.8. The Morgan fingerprint density at radius 3 is 2.62 bits per heavy atom. The van der Waals surface area contributed by atoms with Gasteiger partial charge in [-0.25, -0.2) is 0 Å². The Morgan fingerprint density at radius 2 is 1.88 bits per heavy atom. The van der Waals surface area contributed by atoms with Crippen molar-refractivity contribution in [3.05, 3.63) is 64.9 Å². The molecule has 3 aromatic rings. The highest BCUT2D eigenvalue weighted by molar-refractivity contribution is 6.31. The van der Waals surface area contributed by atoms with Crippen molar-refractivity contribution in [1.82, 2.24) is 15.0 Å². The molecule has 0 aliphatic rings. The number of hydrogen-bond acceptors (Lipinski definition) is 7. The number of rotatable bonds is 6. The predicted molar refractivity (Wildman–Crippen MR) is 98.3 cm³/mol. The van der Waals surface area contributed by atoms with Crippen LogP contribution in [0.5, 0.6) is 5.75 Å². The van der Waals surface area contributed by atoms with Gasteiger partial charge in [-0.3, -0.25) is 4.79 Å². The number of primary amides is 1. The summed E-state index contributed by atoms with van der Waals surface area (Å²) in [7, 11) is 0. The first-order valence-electron chi connectivity index (χ1n) is 7.56. The minimum atomic E-state index is -0.649. The van der Waals surface area contributed by atoms with E-state index in [1.165, 1.54) is 6.07 Å². The van der Waals surface area contributed by atoms with Crippen molar-refractivity contribution in [3.8, 4) is 5.75 Å². The molecule has 5 N–H and O–H groups in total. The fourth-order valence-electron chi connectivity index (χ4n) is 2.17. The largest absolute Gasteiger partial charge is 0.485 e. The topological polar surface area (TPSA) is 129 Å². The van der Waals surface area contributed by atoms with E-state index in [0.717, 1.165) is 5.69 Å². The number of para-hydroxylation sites is 1. The van der Waals surface area contributed by atoms with Crippen LogP contribution in [0.4, 0.5) is 17.6 Å². The van der Waals surface area contributed by atoms with Crippen LogP contribution < -0.4 is 21.5 Å². The van der Waals surface area contributed by atoms with Crippen molar-refractivity contribution < 1.29 is 9.53 Å². The lowest BCUT2D eigenvalue weighted by Crippen LogP contribution is -2.14. The molecule has 1 heterocycles. The van der Waals surface area contributed by atoms with E-state index in [0.29, 0.717) is 10.8 Å². The second-order valence-electron chi connectivity index (χ2n) is 5.22. The molecule has 9 heteroatoms. The summed E-state index contributed by atoms with van der Waals surface area (Å²) >= 11 is 5.88. The fraction of sp³-hybridized carbons (Fsp3) is 0.0588. The van der Waals surface area contributed by atoms with Gasteiger partial charge in [0.25, 0.3) is 5.91 Å². The minimum Gasteiger partial charge on any atom is -0.485 e. The smallest absolute Gasteiger partial charge is 0.252 e. The number of hydrogen-bond donors (Lipinski definition) is 3. The van der Waals surface area contributed by atoms with E-state index in [9.17, 15) is 4.79 Å². The van der Waals surface area contributed by atoms with Gasteiger partial charge in [0.2, 0.25) is 11.9 Å². The molecular weight excluding hydrogens is 356 g/mol. The summed E-state index contributed by atoms with van der Waals surface area (Å²) < 4.78 is 5.60. The number of halogens is 1. The quantitative estimate of drug-likeness (QED) is 0.607. The van der Waals surface area contributed by atoms with Gasteiger partial charge in [-0.05, 0) is 30.3 Å². The van der Waals surface area contributed by atoms with Crippen LogP contribution in [0.25, 0.3) is 0 Å². The van der Waals surface area contributed by atoms with Crippen molar-refractivity contribution >= 4 is 35.1 Å². The van der Waals surface area contributed by atoms with Crippen LogP contribution in [-0.2, 0) is 6.61 Å². The summed E-state index contributed by atoms with van der Waals surface area (Å²) in [5.41, 5.74) is 12.0. The number of carbonyl (C=O) groups is 1. The van der Waals surface area contributed by atoms with Gasteiger partial charge in [-0.15, -0.1) is 0 Å². The van der Waals surface area contributed by atoms with Gasteiger partial charge in [0, 0.05) is 10.7 Å². The number of benzene rings is 2. The van der Waals surface area contributed by atoms with Gasteiger partial charge in [0.05, 0.1) is 5.56 Å². The Hall–Kier alpha value is -3.39. The summed E-state index contributed by atoms with van der Waals surface area (Å²) in [5.74, 6) is 0.251. The van der Waals surface area contributed by atoms with Crippen LogP contribution in [0.2, 0.25) is 5.02 Å². The summed E-state index contributed by atoms with van der Waals surface area (Å²) in [6.45, 7) is -0.0297. The molecule has 0 saturated heterocycles. The predicted octanol–water partition coefficient (Wildman–Crippen LogP) is 2.53.